The van der Waals surface area contributed by atoms with Crippen LogP contribution in [0.15, 0.2) is 42.5 Å². The third-order valence-corrected chi connectivity index (χ3v) is 3.91. The highest BCUT2D eigenvalue weighted by atomic mass is 16.6. The third-order valence-electron chi connectivity index (χ3n) is 3.91. The highest BCUT2D eigenvalue weighted by Crippen LogP contribution is 2.30. The average Bonchev–Trinajstić information content (AvgIpc) is 2.70. The van der Waals surface area contributed by atoms with Gasteiger partial charge >= 0.3 is 0 Å². The lowest BCUT2D eigenvalue weighted by Crippen LogP contribution is -2.42. The largest absolute Gasteiger partial charge is 0.497 e. The Morgan fingerprint density at radius 2 is 2.00 bits per heavy atom. The summed E-state index contributed by atoms with van der Waals surface area (Å²) in [5.41, 5.74) is 5.48. The standard InChI is InChI=1S/C19H20N2O6/c1-24-12-6-7-15(14(8-12)19(20)23)26-11-18(22)21-9-13-10-25-16-4-2-3-5-17(16)27-13/h2-8,13H,9-11H2,1H3,(H2,20,23)(H,21,22). The molecule has 0 bridgehead atoms. The van der Waals surface area contributed by atoms with Crippen LogP contribution in [0.1, 0.15) is 10.4 Å². The quantitative estimate of drug-likeness (QED) is 0.754. The predicted octanol–water partition coefficient (Wildman–Crippen LogP) is 1.13. The molecule has 1 heterocycles. The maximum Gasteiger partial charge on any atom is 0.258 e. The van der Waals surface area contributed by atoms with Crippen LogP contribution in [0.4, 0.5) is 0 Å². The van der Waals surface area contributed by atoms with Crippen molar-refractivity contribution in [1.82, 2.24) is 5.32 Å². The van der Waals surface area contributed by atoms with Gasteiger partial charge in [-0.25, -0.2) is 0 Å². The van der Waals surface area contributed by atoms with Crippen LogP contribution in [0.25, 0.3) is 0 Å². The molecule has 1 unspecified atom stereocenters. The number of hydrogen-bond acceptors (Lipinski definition) is 6. The van der Waals surface area contributed by atoms with Crippen molar-refractivity contribution >= 4 is 11.8 Å². The Balaban J connectivity index is 1.50. The molecule has 27 heavy (non-hydrogen) atoms. The van der Waals surface area contributed by atoms with E-state index in [1.54, 1.807) is 6.07 Å². The molecule has 8 heteroatoms. The minimum atomic E-state index is -0.671. The molecule has 2 amide bonds. The van der Waals surface area contributed by atoms with Gasteiger partial charge in [0.2, 0.25) is 0 Å². The minimum Gasteiger partial charge on any atom is -0.497 e. The van der Waals surface area contributed by atoms with E-state index in [1.807, 2.05) is 24.3 Å². The van der Waals surface area contributed by atoms with Crippen molar-refractivity contribution in [3.05, 3.63) is 48.0 Å². The third kappa shape index (κ3) is 4.60. The molecule has 0 fully saturated rings. The van der Waals surface area contributed by atoms with Gasteiger partial charge in [-0.05, 0) is 30.3 Å². The van der Waals surface area contributed by atoms with Crippen LogP contribution < -0.4 is 30.0 Å². The van der Waals surface area contributed by atoms with E-state index in [0.29, 0.717) is 23.9 Å². The smallest absolute Gasteiger partial charge is 0.258 e. The van der Waals surface area contributed by atoms with Crippen molar-refractivity contribution in [2.75, 3.05) is 26.9 Å². The summed E-state index contributed by atoms with van der Waals surface area (Å²) in [6, 6.07) is 11.9. The predicted molar refractivity (Wildman–Crippen MR) is 96.4 cm³/mol. The molecule has 0 spiro atoms. The molecule has 142 valence electrons. The number of primary amides is 1. The first-order chi connectivity index (χ1) is 13.1. The summed E-state index contributed by atoms with van der Waals surface area (Å²) in [6.07, 6.45) is -0.300. The molecule has 0 aliphatic carbocycles. The second kappa shape index (κ2) is 8.31. The number of nitrogens with one attached hydrogen (secondary N) is 1. The number of amides is 2. The Hall–Kier alpha value is -3.42. The van der Waals surface area contributed by atoms with Gasteiger partial charge in [-0.3, -0.25) is 9.59 Å². The van der Waals surface area contributed by atoms with Crippen molar-refractivity contribution in [2.24, 2.45) is 5.73 Å². The van der Waals surface area contributed by atoms with Gasteiger partial charge in [0, 0.05) is 0 Å². The molecule has 0 aromatic heterocycles. The molecule has 3 rings (SSSR count). The van der Waals surface area contributed by atoms with Crippen molar-refractivity contribution in [1.29, 1.82) is 0 Å². The van der Waals surface area contributed by atoms with Gasteiger partial charge in [-0.15, -0.1) is 0 Å². The molecule has 0 saturated carbocycles. The Bertz CT molecular complexity index is 839. The lowest BCUT2D eigenvalue weighted by Gasteiger charge is -2.26. The molecule has 1 aliphatic heterocycles. The molecule has 0 radical (unpaired) electrons. The summed E-state index contributed by atoms with van der Waals surface area (Å²) in [7, 11) is 1.48. The lowest BCUT2D eigenvalue weighted by molar-refractivity contribution is -0.123. The molecule has 0 saturated heterocycles. The first-order valence-electron chi connectivity index (χ1n) is 8.32. The topological polar surface area (TPSA) is 109 Å². The summed E-state index contributed by atoms with van der Waals surface area (Å²) in [6.45, 7) is 0.334. The van der Waals surface area contributed by atoms with E-state index in [1.165, 1.54) is 19.2 Å². The Morgan fingerprint density at radius 3 is 2.74 bits per heavy atom. The van der Waals surface area contributed by atoms with Crippen molar-refractivity contribution in [3.63, 3.8) is 0 Å². The van der Waals surface area contributed by atoms with E-state index < -0.39 is 5.91 Å². The van der Waals surface area contributed by atoms with E-state index >= 15 is 0 Å². The number of methoxy groups -OCH3 is 1. The number of carbonyl (C=O) groups is 2. The molecule has 2 aromatic rings. The van der Waals surface area contributed by atoms with Crippen LogP contribution in [0.3, 0.4) is 0 Å². The second-order valence-electron chi connectivity index (χ2n) is 5.82. The van der Waals surface area contributed by atoms with Crippen molar-refractivity contribution in [2.45, 2.75) is 6.10 Å². The summed E-state index contributed by atoms with van der Waals surface area (Å²) >= 11 is 0. The van der Waals surface area contributed by atoms with Crippen LogP contribution in [-0.2, 0) is 4.79 Å². The van der Waals surface area contributed by atoms with Crippen molar-refractivity contribution in [3.8, 4) is 23.0 Å². The fourth-order valence-electron chi connectivity index (χ4n) is 2.54. The second-order valence-corrected chi connectivity index (χ2v) is 5.82. The number of carbonyl (C=O) groups excluding carboxylic acids is 2. The van der Waals surface area contributed by atoms with Crippen LogP contribution in [0.2, 0.25) is 0 Å². The number of nitrogens with two attached hydrogens (primary N) is 1. The number of fused-ring (bicyclic) bond motifs is 1. The molecule has 3 N–H and O–H groups in total. The molecule has 2 aromatic carbocycles. The lowest BCUT2D eigenvalue weighted by atomic mass is 10.2. The van der Waals surface area contributed by atoms with Crippen LogP contribution >= 0.6 is 0 Å². The van der Waals surface area contributed by atoms with E-state index in [0.717, 1.165) is 0 Å². The van der Waals surface area contributed by atoms with Gasteiger partial charge < -0.3 is 30.0 Å². The highest BCUT2D eigenvalue weighted by molar-refractivity contribution is 5.96. The normalized spacial score (nSPS) is 14.9. The minimum absolute atomic E-state index is 0.141. The highest BCUT2D eigenvalue weighted by Gasteiger charge is 2.21. The Kier molecular flexibility index (Phi) is 5.65. The van der Waals surface area contributed by atoms with Crippen molar-refractivity contribution < 1.29 is 28.5 Å². The van der Waals surface area contributed by atoms with E-state index in [4.69, 9.17) is 24.7 Å². The number of para-hydroxylation sites is 2. The van der Waals surface area contributed by atoms with E-state index in [-0.39, 0.29) is 36.5 Å². The monoisotopic (exact) mass is 372 g/mol. The maximum absolute atomic E-state index is 12.0. The van der Waals surface area contributed by atoms with Crippen LogP contribution in [-0.4, -0.2) is 44.8 Å². The Labute approximate surface area is 156 Å². The van der Waals surface area contributed by atoms with Gasteiger partial charge in [-0.1, -0.05) is 12.1 Å². The van der Waals surface area contributed by atoms with Crippen LogP contribution in [0, 0.1) is 0 Å². The molecule has 1 aliphatic rings. The zero-order chi connectivity index (χ0) is 19.2. The fourth-order valence-corrected chi connectivity index (χ4v) is 2.54. The number of hydrogen-bond donors (Lipinski definition) is 2. The summed E-state index contributed by atoms with van der Waals surface area (Å²) in [4.78, 5) is 23.6. The molecule has 1 atom stereocenters. The average molecular weight is 372 g/mol. The first-order valence-corrected chi connectivity index (χ1v) is 8.32. The zero-order valence-electron chi connectivity index (χ0n) is 14.8. The van der Waals surface area contributed by atoms with Gasteiger partial charge in [-0.2, -0.15) is 0 Å². The fraction of sp³-hybridized carbons (Fsp3) is 0.263. The van der Waals surface area contributed by atoms with Crippen LogP contribution in [0.5, 0.6) is 23.0 Å². The summed E-state index contributed by atoms with van der Waals surface area (Å²) in [5, 5.41) is 2.71. The molecule has 8 nitrogen and oxygen atoms in total. The molecular weight excluding hydrogens is 352 g/mol. The van der Waals surface area contributed by atoms with Gasteiger partial charge in [0.05, 0.1) is 19.2 Å². The zero-order valence-corrected chi connectivity index (χ0v) is 14.8. The van der Waals surface area contributed by atoms with Gasteiger partial charge in [0.15, 0.2) is 18.1 Å². The number of ether oxygens (including phenoxy) is 4. The first kappa shape index (κ1) is 18.4. The maximum atomic E-state index is 12.0. The Morgan fingerprint density at radius 1 is 1.22 bits per heavy atom. The number of benzene rings is 2. The van der Waals surface area contributed by atoms with Gasteiger partial charge in [0.1, 0.15) is 24.2 Å². The van der Waals surface area contributed by atoms with Gasteiger partial charge in [0.25, 0.3) is 11.8 Å². The summed E-state index contributed by atoms with van der Waals surface area (Å²) < 4.78 is 21.8. The molecular formula is C19H20N2O6. The SMILES string of the molecule is COc1ccc(OCC(=O)NCC2COc3ccccc3O2)c(C(N)=O)c1. The summed E-state index contributed by atoms with van der Waals surface area (Å²) in [5.74, 6) is 0.977. The van der Waals surface area contributed by atoms with E-state index in [2.05, 4.69) is 5.32 Å². The van der Waals surface area contributed by atoms with E-state index in [9.17, 15) is 9.59 Å². The number of rotatable bonds is 7.